The predicted octanol–water partition coefficient (Wildman–Crippen LogP) is 2.32. The van der Waals surface area contributed by atoms with E-state index in [1.165, 1.54) is 0 Å². The van der Waals surface area contributed by atoms with Gasteiger partial charge in [0.05, 0.1) is 19.8 Å². The van der Waals surface area contributed by atoms with E-state index in [-0.39, 0.29) is 0 Å². The van der Waals surface area contributed by atoms with Crippen LogP contribution in [0, 0.1) is 5.92 Å². The maximum atomic E-state index is 10.4. The maximum Gasteiger partial charge on any atom is 0.161 e. The second kappa shape index (κ2) is 3.98. The van der Waals surface area contributed by atoms with Crippen LogP contribution in [0.5, 0.6) is 11.5 Å². The predicted molar refractivity (Wildman–Crippen MR) is 61.8 cm³/mol. The van der Waals surface area contributed by atoms with Gasteiger partial charge in [0.15, 0.2) is 11.5 Å². The molecule has 0 aromatic heterocycles. The van der Waals surface area contributed by atoms with Gasteiger partial charge < -0.3 is 14.6 Å². The van der Waals surface area contributed by atoms with Gasteiger partial charge in [0.25, 0.3) is 0 Å². The highest BCUT2D eigenvalue weighted by Crippen LogP contribution is 2.46. The topological polar surface area (TPSA) is 38.7 Å². The summed E-state index contributed by atoms with van der Waals surface area (Å²) in [5.74, 6) is 1.74. The summed E-state index contributed by atoms with van der Waals surface area (Å²) in [4.78, 5) is 0. The minimum absolute atomic E-state index is 0.380. The van der Waals surface area contributed by atoms with Crippen molar-refractivity contribution >= 4 is 0 Å². The zero-order valence-corrected chi connectivity index (χ0v) is 9.99. The first-order valence-corrected chi connectivity index (χ1v) is 5.54. The number of rotatable bonds is 4. The standard InChI is InChI=1S/C13H18O3/c1-13(14,9-4-5-9)10-6-7-11(15-2)12(8-10)16-3/h6-9,14H,4-5H2,1-3H3. The van der Waals surface area contributed by atoms with E-state index in [0.717, 1.165) is 18.4 Å². The number of ether oxygens (including phenoxy) is 2. The number of hydrogen-bond donors (Lipinski definition) is 1. The van der Waals surface area contributed by atoms with Crippen molar-refractivity contribution in [2.24, 2.45) is 5.92 Å². The summed E-state index contributed by atoms with van der Waals surface area (Å²) >= 11 is 0. The Kier molecular flexibility index (Phi) is 2.80. The van der Waals surface area contributed by atoms with Gasteiger partial charge in [-0.05, 0) is 43.4 Å². The van der Waals surface area contributed by atoms with Gasteiger partial charge in [0, 0.05) is 0 Å². The maximum absolute atomic E-state index is 10.4. The molecule has 1 aliphatic carbocycles. The van der Waals surface area contributed by atoms with Gasteiger partial charge in [-0.1, -0.05) is 6.07 Å². The van der Waals surface area contributed by atoms with Gasteiger partial charge in [-0.3, -0.25) is 0 Å². The minimum atomic E-state index is -0.750. The van der Waals surface area contributed by atoms with Crippen LogP contribution in [-0.4, -0.2) is 19.3 Å². The Hall–Kier alpha value is -1.22. The first-order valence-electron chi connectivity index (χ1n) is 5.54. The van der Waals surface area contributed by atoms with Crippen LogP contribution in [0.15, 0.2) is 18.2 Å². The van der Waals surface area contributed by atoms with Crippen LogP contribution in [0.2, 0.25) is 0 Å². The fourth-order valence-electron chi connectivity index (χ4n) is 2.03. The van der Waals surface area contributed by atoms with Gasteiger partial charge in [0.1, 0.15) is 0 Å². The van der Waals surface area contributed by atoms with Crippen molar-refractivity contribution < 1.29 is 14.6 Å². The molecule has 2 rings (SSSR count). The van der Waals surface area contributed by atoms with E-state index in [9.17, 15) is 5.11 Å². The van der Waals surface area contributed by atoms with Crippen molar-refractivity contribution in [3.8, 4) is 11.5 Å². The summed E-state index contributed by atoms with van der Waals surface area (Å²) in [5.41, 5.74) is 0.146. The van der Waals surface area contributed by atoms with Crippen LogP contribution in [0.3, 0.4) is 0 Å². The second-order valence-electron chi connectivity index (χ2n) is 4.49. The van der Waals surface area contributed by atoms with E-state index < -0.39 is 5.60 Å². The Morgan fingerprint density at radius 2 is 1.81 bits per heavy atom. The number of aliphatic hydroxyl groups is 1. The molecule has 1 fully saturated rings. The van der Waals surface area contributed by atoms with E-state index in [1.54, 1.807) is 14.2 Å². The van der Waals surface area contributed by atoms with Gasteiger partial charge in [-0.2, -0.15) is 0 Å². The molecular weight excluding hydrogens is 204 g/mol. The monoisotopic (exact) mass is 222 g/mol. The second-order valence-corrected chi connectivity index (χ2v) is 4.49. The first-order chi connectivity index (χ1) is 7.59. The fraction of sp³-hybridized carbons (Fsp3) is 0.538. The zero-order chi connectivity index (χ0) is 11.8. The molecule has 3 heteroatoms. The lowest BCUT2D eigenvalue weighted by Crippen LogP contribution is -2.23. The molecule has 0 bridgehead atoms. The van der Waals surface area contributed by atoms with Crippen molar-refractivity contribution in [2.75, 3.05) is 14.2 Å². The molecule has 0 amide bonds. The first kappa shape index (κ1) is 11.3. The molecule has 1 aromatic rings. The van der Waals surface area contributed by atoms with Gasteiger partial charge in [-0.25, -0.2) is 0 Å². The lowest BCUT2D eigenvalue weighted by molar-refractivity contribution is 0.0328. The van der Waals surface area contributed by atoms with Crippen molar-refractivity contribution in [1.82, 2.24) is 0 Å². The summed E-state index contributed by atoms with van der Waals surface area (Å²) < 4.78 is 10.4. The molecule has 1 N–H and O–H groups in total. The van der Waals surface area contributed by atoms with Crippen molar-refractivity contribution in [3.63, 3.8) is 0 Å². The SMILES string of the molecule is COc1ccc(C(C)(O)C2CC2)cc1OC. The Bertz CT molecular complexity index is 381. The van der Waals surface area contributed by atoms with E-state index in [1.807, 2.05) is 25.1 Å². The van der Waals surface area contributed by atoms with Crippen LogP contribution in [0.4, 0.5) is 0 Å². The van der Waals surface area contributed by atoms with Crippen molar-refractivity contribution in [2.45, 2.75) is 25.4 Å². The van der Waals surface area contributed by atoms with Crippen LogP contribution in [0.25, 0.3) is 0 Å². The molecule has 16 heavy (non-hydrogen) atoms. The minimum Gasteiger partial charge on any atom is -0.493 e. The molecular formula is C13H18O3. The fourth-order valence-corrected chi connectivity index (χ4v) is 2.03. The average Bonchev–Trinajstić information content (AvgIpc) is 3.12. The molecule has 0 aliphatic heterocycles. The van der Waals surface area contributed by atoms with Gasteiger partial charge in [0.2, 0.25) is 0 Å². The third-order valence-corrected chi connectivity index (χ3v) is 3.34. The molecule has 0 heterocycles. The lowest BCUT2D eigenvalue weighted by Gasteiger charge is -2.24. The summed E-state index contributed by atoms with van der Waals surface area (Å²) in [5, 5.41) is 10.4. The van der Waals surface area contributed by atoms with Crippen LogP contribution in [-0.2, 0) is 5.60 Å². The van der Waals surface area contributed by atoms with Crippen LogP contribution in [0.1, 0.15) is 25.3 Å². The molecule has 1 saturated carbocycles. The summed E-state index contributed by atoms with van der Waals surface area (Å²) in [7, 11) is 3.21. The number of benzene rings is 1. The molecule has 0 saturated heterocycles. The van der Waals surface area contributed by atoms with Gasteiger partial charge >= 0.3 is 0 Å². The summed E-state index contributed by atoms with van der Waals surface area (Å²) in [6, 6.07) is 5.60. The number of methoxy groups -OCH3 is 2. The molecule has 0 spiro atoms. The van der Waals surface area contributed by atoms with Gasteiger partial charge in [-0.15, -0.1) is 0 Å². The summed E-state index contributed by atoms with van der Waals surface area (Å²) in [6.07, 6.45) is 2.20. The zero-order valence-electron chi connectivity index (χ0n) is 9.99. The molecule has 1 atom stereocenters. The van der Waals surface area contributed by atoms with Crippen LogP contribution < -0.4 is 9.47 Å². The van der Waals surface area contributed by atoms with E-state index in [2.05, 4.69) is 0 Å². The molecule has 1 aromatic carbocycles. The summed E-state index contributed by atoms with van der Waals surface area (Å²) in [6.45, 7) is 1.87. The molecule has 88 valence electrons. The third kappa shape index (κ3) is 1.87. The molecule has 1 aliphatic rings. The highest BCUT2D eigenvalue weighted by molar-refractivity contribution is 5.44. The Morgan fingerprint density at radius 1 is 1.19 bits per heavy atom. The molecule has 1 unspecified atom stereocenters. The smallest absolute Gasteiger partial charge is 0.161 e. The van der Waals surface area contributed by atoms with E-state index in [4.69, 9.17) is 9.47 Å². The molecule has 3 nitrogen and oxygen atoms in total. The van der Waals surface area contributed by atoms with Crippen molar-refractivity contribution in [1.29, 1.82) is 0 Å². The lowest BCUT2D eigenvalue weighted by atomic mass is 9.91. The number of hydrogen-bond acceptors (Lipinski definition) is 3. The van der Waals surface area contributed by atoms with Crippen molar-refractivity contribution in [3.05, 3.63) is 23.8 Å². The van der Waals surface area contributed by atoms with E-state index >= 15 is 0 Å². The Labute approximate surface area is 96.0 Å². The van der Waals surface area contributed by atoms with E-state index in [0.29, 0.717) is 17.4 Å². The average molecular weight is 222 g/mol. The highest BCUT2D eigenvalue weighted by atomic mass is 16.5. The highest BCUT2D eigenvalue weighted by Gasteiger charge is 2.41. The molecule has 0 radical (unpaired) electrons. The normalized spacial score (nSPS) is 19.0. The quantitative estimate of drug-likeness (QED) is 0.849. The third-order valence-electron chi connectivity index (χ3n) is 3.34. The Morgan fingerprint density at radius 3 is 2.31 bits per heavy atom. The van der Waals surface area contributed by atoms with Crippen LogP contribution >= 0.6 is 0 Å². The largest absolute Gasteiger partial charge is 0.493 e. The Balaban J connectivity index is 2.35.